The van der Waals surface area contributed by atoms with Crippen LogP contribution in [0.3, 0.4) is 0 Å². The zero-order valence-corrected chi connectivity index (χ0v) is 15.9. The van der Waals surface area contributed by atoms with Crippen molar-refractivity contribution in [2.45, 2.75) is 26.8 Å². The standard InChI is InChI=1S/C20H24ClN3O2/c1-12(2)19(22)20(26)23-11-18(25)24-17-8-7-15(9-13(17)3)14-5-4-6-16(21)10-14/h4-10,12,19H,11,22H2,1-3H3,(H,23,26)(H,24,25)/t19-/m0/s1. The van der Waals surface area contributed by atoms with Crippen LogP contribution in [0.5, 0.6) is 0 Å². The van der Waals surface area contributed by atoms with E-state index < -0.39 is 6.04 Å². The highest BCUT2D eigenvalue weighted by atomic mass is 35.5. The maximum atomic E-state index is 12.1. The second kappa shape index (κ2) is 8.83. The van der Waals surface area contributed by atoms with E-state index in [9.17, 15) is 9.59 Å². The van der Waals surface area contributed by atoms with Gasteiger partial charge < -0.3 is 16.4 Å². The van der Waals surface area contributed by atoms with Gasteiger partial charge in [-0.25, -0.2) is 0 Å². The van der Waals surface area contributed by atoms with Gasteiger partial charge >= 0.3 is 0 Å². The Hall–Kier alpha value is -2.37. The molecule has 0 aliphatic heterocycles. The number of nitrogens with two attached hydrogens (primary N) is 1. The normalized spacial score (nSPS) is 11.9. The highest BCUT2D eigenvalue weighted by Crippen LogP contribution is 2.26. The quantitative estimate of drug-likeness (QED) is 0.725. The summed E-state index contributed by atoms with van der Waals surface area (Å²) in [6, 6.07) is 12.7. The van der Waals surface area contributed by atoms with Gasteiger partial charge in [0, 0.05) is 10.7 Å². The van der Waals surface area contributed by atoms with Crippen LogP contribution < -0.4 is 16.4 Å². The highest BCUT2D eigenvalue weighted by molar-refractivity contribution is 6.30. The summed E-state index contributed by atoms with van der Waals surface area (Å²) >= 11 is 6.04. The Morgan fingerprint density at radius 2 is 1.81 bits per heavy atom. The van der Waals surface area contributed by atoms with E-state index >= 15 is 0 Å². The molecule has 2 aromatic rings. The van der Waals surface area contributed by atoms with E-state index in [1.165, 1.54) is 0 Å². The number of amides is 2. The van der Waals surface area contributed by atoms with E-state index in [4.69, 9.17) is 17.3 Å². The molecule has 0 radical (unpaired) electrons. The third-order valence-corrected chi connectivity index (χ3v) is 4.34. The maximum Gasteiger partial charge on any atom is 0.243 e. The third-order valence-electron chi connectivity index (χ3n) is 4.10. The lowest BCUT2D eigenvalue weighted by Crippen LogP contribution is -2.46. The Balaban J connectivity index is 1.99. The molecule has 0 bridgehead atoms. The van der Waals surface area contributed by atoms with Crippen LogP contribution in [0.25, 0.3) is 11.1 Å². The van der Waals surface area contributed by atoms with Gasteiger partial charge in [-0.15, -0.1) is 0 Å². The first kappa shape index (κ1) is 19.9. The molecule has 0 aliphatic carbocycles. The average molecular weight is 374 g/mol. The molecular weight excluding hydrogens is 350 g/mol. The first-order valence-electron chi connectivity index (χ1n) is 8.47. The summed E-state index contributed by atoms with van der Waals surface area (Å²) < 4.78 is 0. The van der Waals surface area contributed by atoms with Crippen molar-refractivity contribution in [3.8, 4) is 11.1 Å². The summed E-state index contributed by atoms with van der Waals surface area (Å²) in [5.74, 6) is -0.615. The molecule has 2 amide bonds. The number of benzene rings is 2. The SMILES string of the molecule is Cc1cc(-c2cccc(Cl)c2)ccc1NC(=O)CNC(=O)[C@@H](N)C(C)C. The number of hydrogen-bond acceptors (Lipinski definition) is 3. The fourth-order valence-corrected chi connectivity index (χ4v) is 2.62. The Bertz CT molecular complexity index is 805. The molecule has 6 heteroatoms. The maximum absolute atomic E-state index is 12.1. The monoisotopic (exact) mass is 373 g/mol. The number of aryl methyl sites for hydroxylation is 1. The first-order chi connectivity index (χ1) is 12.3. The van der Waals surface area contributed by atoms with E-state index in [2.05, 4.69) is 10.6 Å². The molecule has 0 aromatic heterocycles. The molecule has 4 N–H and O–H groups in total. The van der Waals surface area contributed by atoms with Crippen LogP contribution in [0, 0.1) is 12.8 Å². The Labute approximate surface area is 158 Å². The van der Waals surface area contributed by atoms with Gasteiger partial charge in [0.15, 0.2) is 0 Å². The molecule has 0 saturated heterocycles. The van der Waals surface area contributed by atoms with Gasteiger partial charge in [-0.3, -0.25) is 9.59 Å². The van der Waals surface area contributed by atoms with Gasteiger partial charge in [0.2, 0.25) is 11.8 Å². The number of carbonyl (C=O) groups excluding carboxylic acids is 2. The number of rotatable bonds is 6. The molecule has 0 heterocycles. The van der Waals surface area contributed by atoms with Crippen molar-refractivity contribution in [1.29, 1.82) is 0 Å². The van der Waals surface area contributed by atoms with E-state index in [0.717, 1.165) is 16.7 Å². The molecule has 0 unspecified atom stereocenters. The molecule has 1 atom stereocenters. The number of anilines is 1. The lowest BCUT2D eigenvalue weighted by Gasteiger charge is -2.15. The van der Waals surface area contributed by atoms with Crippen molar-refractivity contribution in [2.24, 2.45) is 11.7 Å². The van der Waals surface area contributed by atoms with Crippen LogP contribution in [-0.4, -0.2) is 24.4 Å². The molecule has 5 nitrogen and oxygen atoms in total. The van der Waals surface area contributed by atoms with Crippen LogP contribution in [0.4, 0.5) is 5.69 Å². The molecule has 2 rings (SSSR count). The van der Waals surface area contributed by atoms with Gasteiger partial charge in [0.05, 0.1) is 12.6 Å². The lowest BCUT2D eigenvalue weighted by atomic mass is 10.0. The predicted molar refractivity (Wildman–Crippen MR) is 106 cm³/mol. The molecule has 0 fully saturated rings. The van der Waals surface area contributed by atoms with E-state index in [-0.39, 0.29) is 24.3 Å². The molecular formula is C20H24ClN3O2. The van der Waals surface area contributed by atoms with Crippen molar-refractivity contribution in [2.75, 3.05) is 11.9 Å². The minimum atomic E-state index is -0.624. The van der Waals surface area contributed by atoms with Gasteiger partial charge in [0.25, 0.3) is 0 Å². The van der Waals surface area contributed by atoms with Crippen molar-refractivity contribution < 1.29 is 9.59 Å². The van der Waals surface area contributed by atoms with Crippen LogP contribution in [-0.2, 0) is 9.59 Å². The molecule has 2 aromatic carbocycles. The highest BCUT2D eigenvalue weighted by Gasteiger charge is 2.17. The molecule has 0 aliphatic rings. The summed E-state index contributed by atoms with van der Waals surface area (Å²) in [6.07, 6.45) is 0. The second-order valence-corrected chi connectivity index (χ2v) is 7.01. The Kier molecular flexibility index (Phi) is 6.77. The zero-order chi connectivity index (χ0) is 19.3. The summed E-state index contributed by atoms with van der Waals surface area (Å²) in [6.45, 7) is 5.51. The fraction of sp³-hybridized carbons (Fsp3) is 0.300. The topological polar surface area (TPSA) is 84.2 Å². The zero-order valence-electron chi connectivity index (χ0n) is 15.2. The van der Waals surface area contributed by atoms with E-state index in [0.29, 0.717) is 10.7 Å². The van der Waals surface area contributed by atoms with Crippen LogP contribution in [0.2, 0.25) is 5.02 Å². The number of carbonyl (C=O) groups is 2. The van der Waals surface area contributed by atoms with Gasteiger partial charge in [-0.2, -0.15) is 0 Å². The number of nitrogens with one attached hydrogen (secondary N) is 2. The smallest absolute Gasteiger partial charge is 0.243 e. The summed E-state index contributed by atoms with van der Waals surface area (Å²) in [4.78, 5) is 23.9. The second-order valence-electron chi connectivity index (χ2n) is 6.58. The summed E-state index contributed by atoms with van der Waals surface area (Å²) in [7, 11) is 0. The summed E-state index contributed by atoms with van der Waals surface area (Å²) in [5.41, 5.74) is 9.39. The van der Waals surface area contributed by atoms with Gasteiger partial charge in [-0.1, -0.05) is 43.6 Å². The number of hydrogen-bond donors (Lipinski definition) is 3. The van der Waals surface area contributed by atoms with Crippen molar-refractivity contribution in [1.82, 2.24) is 5.32 Å². The van der Waals surface area contributed by atoms with Gasteiger partial charge in [0.1, 0.15) is 0 Å². The molecule has 0 spiro atoms. The van der Waals surface area contributed by atoms with Gasteiger partial charge in [-0.05, 0) is 53.8 Å². The third kappa shape index (κ3) is 5.31. The molecule has 0 saturated carbocycles. The predicted octanol–water partition coefficient (Wildman–Crippen LogP) is 3.35. The van der Waals surface area contributed by atoms with Crippen LogP contribution >= 0.6 is 11.6 Å². The average Bonchev–Trinajstić information content (AvgIpc) is 2.60. The van der Waals surface area contributed by atoms with Crippen molar-refractivity contribution in [3.63, 3.8) is 0 Å². The minimum absolute atomic E-state index is 0.0133. The van der Waals surface area contributed by atoms with E-state index in [1.54, 1.807) is 0 Å². The summed E-state index contributed by atoms with van der Waals surface area (Å²) in [5, 5.41) is 6.03. The number of halogens is 1. The van der Waals surface area contributed by atoms with Crippen LogP contribution in [0.15, 0.2) is 42.5 Å². The lowest BCUT2D eigenvalue weighted by molar-refractivity contribution is -0.125. The largest absolute Gasteiger partial charge is 0.346 e. The Morgan fingerprint density at radius 1 is 1.12 bits per heavy atom. The van der Waals surface area contributed by atoms with Crippen molar-refractivity contribution >= 4 is 29.1 Å². The first-order valence-corrected chi connectivity index (χ1v) is 8.85. The minimum Gasteiger partial charge on any atom is -0.346 e. The van der Waals surface area contributed by atoms with Crippen molar-refractivity contribution in [3.05, 3.63) is 53.1 Å². The fourth-order valence-electron chi connectivity index (χ4n) is 2.43. The molecule has 138 valence electrons. The van der Waals surface area contributed by atoms with E-state index in [1.807, 2.05) is 63.2 Å². The van der Waals surface area contributed by atoms with Crippen LogP contribution in [0.1, 0.15) is 19.4 Å². The Morgan fingerprint density at radius 3 is 2.42 bits per heavy atom. The molecule has 26 heavy (non-hydrogen) atoms.